The molecule has 1 aromatic rings. The molecule has 2 heterocycles. The molecular weight excluding hydrogens is 218 g/mol. The van der Waals surface area contributed by atoms with E-state index in [4.69, 9.17) is 0 Å². The van der Waals surface area contributed by atoms with Crippen LogP contribution in [0, 0.1) is 0 Å². The molecule has 1 N–H and O–H groups in total. The summed E-state index contributed by atoms with van der Waals surface area (Å²) in [6.07, 6.45) is 4.34. The van der Waals surface area contributed by atoms with Crippen LogP contribution >= 0.6 is 0 Å². The number of pyridine rings is 1. The van der Waals surface area contributed by atoms with Crippen molar-refractivity contribution in [2.45, 2.75) is 18.9 Å². The summed E-state index contributed by atoms with van der Waals surface area (Å²) in [4.78, 5) is 28.9. The Kier molecular flexibility index (Phi) is 3.37. The van der Waals surface area contributed by atoms with E-state index >= 15 is 0 Å². The molecule has 90 valence electrons. The number of aromatic nitrogens is 1. The molecule has 0 aromatic carbocycles. The predicted molar refractivity (Wildman–Crippen MR) is 62.4 cm³/mol. The van der Waals surface area contributed by atoms with E-state index in [1.165, 1.54) is 0 Å². The zero-order valence-corrected chi connectivity index (χ0v) is 9.72. The van der Waals surface area contributed by atoms with Gasteiger partial charge >= 0.3 is 0 Å². The topological polar surface area (TPSA) is 62.3 Å². The Hall–Kier alpha value is -1.91. The van der Waals surface area contributed by atoms with Crippen LogP contribution in [-0.4, -0.2) is 41.3 Å². The van der Waals surface area contributed by atoms with Crippen molar-refractivity contribution in [2.75, 3.05) is 13.6 Å². The molecule has 0 saturated carbocycles. The van der Waals surface area contributed by atoms with Gasteiger partial charge in [0.1, 0.15) is 0 Å². The van der Waals surface area contributed by atoms with Gasteiger partial charge in [0.05, 0.1) is 0 Å². The van der Waals surface area contributed by atoms with Gasteiger partial charge in [-0.15, -0.1) is 0 Å². The number of carbonyl (C=O) groups is 2. The van der Waals surface area contributed by atoms with Crippen LogP contribution in [0.2, 0.25) is 0 Å². The van der Waals surface area contributed by atoms with E-state index in [9.17, 15) is 9.59 Å². The van der Waals surface area contributed by atoms with Crippen molar-refractivity contribution < 1.29 is 9.59 Å². The lowest BCUT2D eigenvalue weighted by atomic mass is 10.0. The van der Waals surface area contributed by atoms with Gasteiger partial charge in [0.25, 0.3) is 5.91 Å². The Morgan fingerprint density at radius 3 is 2.82 bits per heavy atom. The van der Waals surface area contributed by atoms with Gasteiger partial charge in [-0.2, -0.15) is 0 Å². The van der Waals surface area contributed by atoms with E-state index in [-0.39, 0.29) is 17.9 Å². The van der Waals surface area contributed by atoms with Gasteiger partial charge in [0, 0.05) is 44.0 Å². The standard InChI is InChI=1S/C12H15N3O2/c1-15-7-4-10(8-11(15)16)14-12(17)9-2-5-13-6-3-9/h2-3,5-6,10H,4,7-8H2,1H3,(H,14,17). The fraction of sp³-hybridized carbons (Fsp3) is 0.417. The lowest BCUT2D eigenvalue weighted by molar-refractivity contribution is -0.132. The van der Waals surface area contributed by atoms with Crippen LogP contribution in [0.1, 0.15) is 23.2 Å². The second-order valence-electron chi connectivity index (χ2n) is 4.21. The predicted octanol–water partition coefficient (Wildman–Crippen LogP) is 0.432. The van der Waals surface area contributed by atoms with E-state index in [1.807, 2.05) is 0 Å². The number of rotatable bonds is 2. The molecule has 2 rings (SSSR count). The number of likely N-dealkylation sites (tertiary alicyclic amines) is 1. The minimum Gasteiger partial charge on any atom is -0.349 e. The highest BCUT2D eigenvalue weighted by molar-refractivity contribution is 5.94. The molecule has 1 aromatic heterocycles. The molecule has 0 radical (unpaired) electrons. The Morgan fingerprint density at radius 2 is 2.18 bits per heavy atom. The zero-order valence-electron chi connectivity index (χ0n) is 9.72. The molecule has 1 aliphatic rings. The first kappa shape index (κ1) is 11.6. The maximum Gasteiger partial charge on any atom is 0.251 e. The molecule has 1 atom stereocenters. The highest BCUT2D eigenvalue weighted by atomic mass is 16.2. The number of piperidine rings is 1. The molecule has 2 amide bonds. The second-order valence-corrected chi connectivity index (χ2v) is 4.21. The maximum absolute atomic E-state index is 11.8. The number of nitrogens with zero attached hydrogens (tertiary/aromatic N) is 2. The van der Waals surface area contributed by atoms with Crippen LogP contribution in [-0.2, 0) is 4.79 Å². The van der Waals surface area contributed by atoms with Crippen LogP contribution in [0.4, 0.5) is 0 Å². The molecule has 1 unspecified atom stereocenters. The van der Waals surface area contributed by atoms with Crippen molar-refractivity contribution in [2.24, 2.45) is 0 Å². The average Bonchev–Trinajstić information content (AvgIpc) is 2.35. The van der Waals surface area contributed by atoms with Crippen LogP contribution in [0.5, 0.6) is 0 Å². The number of hydrogen-bond acceptors (Lipinski definition) is 3. The normalized spacial score (nSPS) is 20.2. The smallest absolute Gasteiger partial charge is 0.251 e. The quantitative estimate of drug-likeness (QED) is 0.806. The van der Waals surface area contributed by atoms with Crippen molar-refractivity contribution in [3.05, 3.63) is 30.1 Å². The lowest BCUT2D eigenvalue weighted by Gasteiger charge is -2.29. The molecule has 5 heteroatoms. The fourth-order valence-electron chi connectivity index (χ4n) is 1.84. The molecule has 0 aliphatic carbocycles. The summed E-state index contributed by atoms with van der Waals surface area (Å²) in [5.41, 5.74) is 0.575. The number of carbonyl (C=O) groups excluding carboxylic acids is 2. The Balaban J connectivity index is 1.94. The monoisotopic (exact) mass is 233 g/mol. The number of hydrogen-bond donors (Lipinski definition) is 1. The van der Waals surface area contributed by atoms with Crippen molar-refractivity contribution in [1.29, 1.82) is 0 Å². The molecule has 1 saturated heterocycles. The Labute approximate surface area is 99.8 Å². The second kappa shape index (κ2) is 4.95. The van der Waals surface area contributed by atoms with Gasteiger partial charge in [0.2, 0.25) is 5.91 Å². The van der Waals surface area contributed by atoms with E-state index < -0.39 is 0 Å². The third-order valence-corrected chi connectivity index (χ3v) is 2.94. The zero-order chi connectivity index (χ0) is 12.3. The lowest BCUT2D eigenvalue weighted by Crippen LogP contribution is -2.46. The van der Waals surface area contributed by atoms with Gasteiger partial charge in [-0.3, -0.25) is 14.6 Å². The first-order valence-electron chi connectivity index (χ1n) is 5.61. The van der Waals surface area contributed by atoms with Crippen LogP contribution < -0.4 is 5.32 Å². The van der Waals surface area contributed by atoms with Crippen LogP contribution in [0.25, 0.3) is 0 Å². The van der Waals surface area contributed by atoms with E-state index in [2.05, 4.69) is 10.3 Å². The van der Waals surface area contributed by atoms with Gasteiger partial charge in [-0.05, 0) is 18.6 Å². The summed E-state index contributed by atoms with van der Waals surface area (Å²) in [5, 5.41) is 2.87. The summed E-state index contributed by atoms with van der Waals surface area (Å²) in [6, 6.07) is 3.26. The summed E-state index contributed by atoms with van der Waals surface area (Å²) < 4.78 is 0. The Bertz CT molecular complexity index is 419. The van der Waals surface area contributed by atoms with Gasteiger partial charge in [-0.1, -0.05) is 0 Å². The van der Waals surface area contributed by atoms with Crippen molar-refractivity contribution in [3.8, 4) is 0 Å². The van der Waals surface area contributed by atoms with Crippen molar-refractivity contribution in [1.82, 2.24) is 15.2 Å². The first-order chi connectivity index (χ1) is 8.16. The van der Waals surface area contributed by atoms with E-state index in [0.29, 0.717) is 18.5 Å². The van der Waals surface area contributed by atoms with Gasteiger partial charge in [0.15, 0.2) is 0 Å². The average molecular weight is 233 g/mol. The van der Waals surface area contributed by atoms with Crippen molar-refractivity contribution in [3.63, 3.8) is 0 Å². The fourth-order valence-corrected chi connectivity index (χ4v) is 1.84. The minimum atomic E-state index is -0.144. The van der Waals surface area contributed by atoms with E-state index in [1.54, 1.807) is 36.5 Å². The molecule has 17 heavy (non-hydrogen) atoms. The van der Waals surface area contributed by atoms with Gasteiger partial charge in [-0.25, -0.2) is 0 Å². The minimum absolute atomic E-state index is 0.0561. The highest BCUT2D eigenvalue weighted by Gasteiger charge is 2.24. The summed E-state index contributed by atoms with van der Waals surface area (Å²) in [7, 11) is 1.78. The summed E-state index contributed by atoms with van der Waals surface area (Å²) in [6.45, 7) is 0.695. The van der Waals surface area contributed by atoms with Crippen LogP contribution in [0.15, 0.2) is 24.5 Å². The highest BCUT2D eigenvalue weighted by Crippen LogP contribution is 2.10. The first-order valence-corrected chi connectivity index (χ1v) is 5.61. The molecule has 0 spiro atoms. The molecule has 1 aliphatic heterocycles. The molecular formula is C12H15N3O2. The maximum atomic E-state index is 11.8. The number of nitrogens with one attached hydrogen (secondary N) is 1. The largest absolute Gasteiger partial charge is 0.349 e. The Morgan fingerprint density at radius 1 is 1.47 bits per heavy atom. The molecule has 1 fully saturated rings. The van der Waals surface area contributed by atoms with Crippen LogP contribution in [0.3, 0.4) is 0 Å². The van der Waals surface area contributed by atoms with Gasteiger partial charge < -0.3 is 10.2 Å². The third kappa shape index (κ3) is 2.81. The summed E-state index contributed by atoms with van der Waals surface area (Å²) in [5.74, 6) is -0.0639. The number of amides is 2. The SMILES string of the molecule is CN1CCC(NC(=O)c2ccncc2)CC1=O. The van der Waals surface area contributed by atoms with Crippen molar-refractivity contribution >= 4 is 11.8 Å². The third-order valence-electron chi connectivity index (χ3n) is 2.94. The summed E-state index contributed by atoms with van der Waals surface area (Å²) >= 11 is 0. The molecule has 0 bridgehead atoms. The van der Waals surface area contributed by atoms with E-state index in [0.717, 1.165) is 6.42 Å². The molecule has 5 nitrogen and oxygen atoms in total.